The number of aldehydes is 1. The van der Waals surface area contributed by atoms with Crippen LogP contribution in [0.3, 0.4) is 0 Å². The molecule has 3 aromatic rings. The first-order valence-electron chi connectivity index (χ1n) is 9.79. The van der Waals surface area contributed by atoms with Crippen LogP contribution in [0.5, 0.6) is 0 Å². The number of rotatable bonds is 9. The number of carbonyl (C=O) groups is 1. The van der Waals surface area contributed by atoms with E-state index in [0.29, 0.717) is 50.3 Å². The van der Waals surface area contributed by atoms with Crippen LogP contribution < -0.4 is 15.9 Å². The number of hydrogen-bond donors (Lipinski definition) is 3. The minimum atomic E-state index is -0.231. The third kappa shape index (κ3) is 7.47. The number of aromatic nitrogens is 4. The first-order chi connectivity index (χ1) is 15.0. The maximum atomic E-state index is 14.5. The lowest BCUT2D eigenvalue weighted by molar-refractivity contribution is 0.112. The summed E-state index contributed by atoms with van der Waals surface area (Å²) in [6.45, 7) is 2.33. The van der Waals surface area contributed by atoms with Crippen molar-refractivity contribution in [2.75, 3.05) is 32.7 Å². The number of nitrogens with zero attached hydrogens (tertiary/aromatic N) is 4. The van der Waals surface area contributed by atoms with Gasteiger partial charge in [0.05, 0.1) is 25.0 Å². The number of hydrogen-bond acceptors (Lipinski definition) is 7. The number of nitrogens with one attached hydrogen (secondary N) is 2. The molecule has 3 rings (SSSR count). The van der Waals surface area contributed by atoms with Gasteiger partial charge in [-0.25, -0.2) is 14.4 Å². The van der Waals surface area contributed by atoms with Crippen LogP contribution >= 0.6 is 8.58 Å². The van der Waals surface area contributed by atoms with E-state index < -0.39 is 0 Å². The monoisotopic (exact) mass is 446 g/mol. The summed E-state index contributed by atoms with van der Waals surface area (Å²) in [6.07, 6.45) is 8.55. The van der Waals surface area contributed by atoms with Gasteiger partial charge in [0, 0.05) is 29.5 Å². The number of anilines is 2. The van der Waals surface area contributed by atoms with Crippen LogP contribution in [0.25, 0.3) is 0 Å². The van der Waals surface area contributed by atoms with Gasteiger partial charge in [0.15, 0.2) is 0 Å². The molecule has 1 atom stereocenters. The summed E-state index contributed by atoms with van der Waals surface area (Å²) < 4.78 is 16.1. The molecule has 31 heavy (non-hydrogen) atoms. The first-order valence-corrected chi connectivity index (χ1v) is 11.3. The summed E-state index contributed by atoms with van der Waals surface area (Å²) in [6, 6.07) is 3.21. The molecule has 0 fully saturated rings. The van der Waals surface area contributed by atoms with Crippen molar-refractivity contribution in [3.05, 3.63) is 59.4 Å². The Labute approximate surface area is 183 Å². The summed E-state index contributed by atoms with van der Waals surface area (Å²) in [7, 11) is 4.04. The van der Waals surface area contributed by atoms with Gasteiger partial charge in [-0.2, -0.15) is 5.10 Å². The zero-order valence-electron chi connectivity index (χ0n) is 17.9. The predicted molar refractivity (Wildman–Crippen MR) is 123 cm³/mol. The van der Waals surface area contributed by atoms with Crippen molar-refractivity contribution in [3.63, 3.8) is 0 Å². The topological polar surface area (TPSA) is 105 Å². The molecule has 0 aliphatic heterocycles. The molecule has 0 saturated carbocycles. The Morgan fingerprint density at radius 2 is 1.90 bits per heavy atom. The smallest absolute Gasteiger partial charge is 0.227 e. The van der Waals surface area contributed by atoms with Gasteiger partial charge in [0.1, 0.15) is 12.1 Å². The zero-order chi connectivity index (χ0) is 22.6. The van der Waals surface area contributed by atoms with Gasteiger partial charge in [-0.3, -0.25) is 9.48 Å². The minimum absolute atomic E-state index is 0.0167. The molecular formula is C21H28FN6O2P. The molecule has 0 aliphatic rings. The number of aryl methyl sites for hydroxylation is 2. The van der Waals surface area contributed by atoms with E-state index in [2.05, 4.69) is 25.7 Å². The third-order valence-electron chi connectivity index (χ3n) is 4.18. The predicted octanol–water partition coefficient (Wildman–Crippen LogP) is 1.91. The Morgan fingerprint density at radius 1 is 1.19 bits per heavy atom. The SMILES string of the molecule is CNC.CPc1cc(C=O)cc(CCc2cnc(Nc3cnn(CCO)c3)nc2)c1F. The second-order valence-electron chi connectivity index (χ2n) is 6.67. The van der Waals surface area contributed by atoms with Crippen molar-refractivity contribution < 1.29 is 14.3 Å². The fourth-order valence-electron chi connectivity index (χ4n) is 2.75. The van der Waals surface area contributed by atoms with Gasteiger partial charge in [-0.15, -0.1) is 0 Å². The van der Waals surface area contributed by atoms with Crippen molar-refractivity contribution in [2.45, 2.75) is 19.4 Å². The molecule has 8 nitrogen and oxygen atoms in total. The zero-order valence-corrected chi connectivity index (χ0v) is 18.9. The molecule has 0 spiro atoms. The van der Waals surface area contributed by atoms with E-state index in [0.717, 1.165) is 17.5 Å². The van der Waals surface area contributed by atoms with E-state index >= 15 is 0 Å². The molecule has 1 unspecified atom stereocenters. The number of aliphatic hydroxyl groups is 1. The van der Waals surface area contributed by atoms with Crippen molar-refractivity contribution in [2.24, 2.45) is 0 Å². The maximum Gasteiger partial charge on any atom is 0.227 e. The summed E-state index contributed by atoms with van der Waals surface area (Å²) >= 11 is 0. The highest BCUT2D eigenvalue weighted by Crippen LogP contribution is 2.17. The maximum absolute atomic E-state index is 14.5. The fourth-order valence-corrected chi connectivity index (χ4v) is 3.44. The summed E-state index contributed by atoms with van der Waals surface area (Å²) in [5.74, 6) is 0.196. The number of halogens is 1. The Bertz CT molecular complexity index is 965. The largest absolute Gasteiger partial charge is 0.394 e. The number of benzene rings is 1. The molecule has 2 heterocycles. The average molecular weight is 446 g/mol. The molecular weight excluding hydrogens is 418 g/mol. The normalized spacial score (nSPS) is 10.7. The van der Waals surface area contributed by atoms with Crippen LogP contribution in [0, 0.1) is 5.82 Å². The van der Waals surface area contributed by atoms with Gasteiger partial charge < -0.3 is 15.7 Å². The Hall–Kier alpha value is -2.74. The van der Waals surface area contributed by atoms with E-state index in [1.54, 1.807) is 41.6 Å². The molecule has 0 amide bonds. The molecule has 10 heteroatoms. The van der Waals surface area contributed by atoms with Crippen LogP contribution in [0.15, 0.2) is 36.9 Å². The second kappa shape index (κ2) is 12.8. The summed E-state index contributed by atoms with van der Waals surface area (Å²) in [5.41, 5.74) is 2.63. The molecule has 166 valence electrons. The van der Waals surface area contributed by atoms with Crippen molar-refractivity contribution in [1.82, 2.24) is 25.1 Å². The lowest BCUT2D eigenvalue weighted by Crippen LogP contribution is -2.09. The van der Waals surface area contributed by atoms with E-state index in [9.17, 15) is 9.18 Å². The fraction of sp³-hybridized carbons (Fsp3) is 0.333. The molecule has 3 N–H and O–H groups in total. The van der Waals surface area contributed by atoms with E-state index in [1.807, 2.05) is 20.8 Å². The number of aliphatic hydroxyl groups excluding tert-OH is 1. The van der Waals surface area contributed by atoms with Crippen LogP contribution in [-0.2, 0) is 19.4 Å². The molecule has 0 aliphatic carbocycles. The highest BCUT2D eigenvalue weighted by Gasteiger charge is 2.10. The van der Waals surface area contributed by atoms with Gasteiger partial charge in [0.2, 0.25) is 5.95 Å². The minimum Gasteiger partial charge on any atom is -0.394 e. The van der Waals surface area contributed by atoms with E-state index in [1.165, 1.54) is 0 Å². The highest BCUT2D eigenvalue weighted by molar-refractivity contribution is 7.46. The van der Waals surface area contributed by atoms with Crippen LogP contribution in [0.4, 0.5) is 16.0 Å². The third-order valence-corrected chi connectivity index (χ3v) is 5.09. The first kappa shape index (κ1) is 24.5. The van der Waals surface area contributed by atoms with Crippen LogP contribution in [0.2, 0.25) is 0 Å². The Kier molecular flexibility index (Phi) is 10.2. The quantitative estimate of drug-likeness (QED) is 0.341. The molecule has 0 radical (unpaired) electrons. The van der Waals surface area contributed by atoms with Gasteiger partial charge >= 0.3 is 0 Å². The van der Waals surface area contributed by atoms with Crippen molar-refractivity contribution in [1.29, 1.82) is 0 Å². The molecule has 0 bridgehead atoms. The average Bonchev–Trinajstić information content (AvgIpc) is 3.21. The lowest BCUT2D eigenvalue weighted by Gasteiger charge is -2.09. The standard InChI is InChI=1S/C19H21FN5O2P.C2H7N/c1-28-17-7-14(12-27)6-15(18(17)20)3-2-13-8-21-19(22-9-13)24-16-10-23-25(11-16)4-5-26;1-3-2/h6-12,26,28H,2-5H2,1H3,(H,21,22,24);3H,1-2H3. The van der Waals surface area contributed by atoms with Gasteiger partial charge in [0.25, 0.3) is 0 Å². The lowest BCUT2D eigenvalue weighted by atomic mass is 10.0. The van der Waals surface area contributed by atoms with Crippen LogP contribution in [-0.4, -0.2) is 58.5 Å². The Morgan fingerprint density at radius 3 is 2.52 bits per heavy atom. The Balaban J connectivity index is 0.00000107. The second-order valence-corrected chi connectivity index (χ2v) is 7.70. The van der Waals surface area contributed by atoms with E-state index in [4.69, 9.17) is 5.11 Å². The summed E-state index contributed by atoms with van der Waals surface area (Å²) in [5, 5.41) is 19.4. The van der Waals surface area contributed by atoms with E-state index in [-0.39, 0.29) is 12.4 Å². The molecule has 2 aromatic heterocycles. The summed E-state index contributed by atoms with van der Waals surface area (Å²) in [4.78, 5) is 19.6. The molecule has 1 aromatic carbocycles. The highest BCUT2D eigenvalue weighted by atomic mass is 31.1. The van der Waals surface area contributed by atoms with Gasteiger partial charge in [-0.1, -0.05) is 8.58 Å². The van der Waals surface area contributed by atoms with Crippen molar-refractivity contribution in [3.8, 4) is 0 Å². The molecule has 0 saturated heterocycles. The van der Waals surface area contributed by atoms with Crippen molar-refractivity contribution >= 4 is 31.8 Å². The number of carbonyl (C=O) groups excluding carboxylic acids is 1. The van der Waals surface area contributed by atoms with Gasteiger partial charge in [-0.05, 0) is 56.9 Å². The van der Waals surface area contributed by atoms with Crippen LogP contribution in [0.1, 0.15) is 21.5 Å².